The van der Waals surface area contributed by atoms with Crippen molar-refractivity contribution in [2.45, 2.75) is 32.2 Å². The normalized spacial score (nSPS) is 10.3. The van der Waals surface area contributed by atoms with Crippen LogP contribution in [0.25, 0.3) is 0 Å². The Kier molecular flexibility index (Phi) is 5.30. The van der Waals surface area contributed by atoms with Crippen LogP contribution in [0.15, 0.2) is 59.8 Å². The minimum absolute atomic E-state index is 0.272. The van der Waals surface area contributed by atoms with E-state index in [2.05, 4.69) is 47.6 Å². The van der Waals surface area contributed by atoms with Gasteiger partial charge in [0.05, 0.1) is 0 Å². The number of hydrogen-bond acceptors (Lipinski definition) is 2. The number of rotatable bonds is 7. The van der Waals surface area contributed by atoms with Crippen LogP contribution >= 0.6 is 0 Å². The van der Waals surface area contributed by atoms with Crippen molar-refractivity contribution in [3.05, 3.63) is 76.2 Å². The third kappa shape index (κ3) is 4.66. The van der Waals surface area contributed by atoms with Crippen LogP contribution in [0.5, 0.6) is 0 Å². The zero-order chi connectivity index (χ0) is 13.3. The number of benzene rings is 2. The predicted octanol–water partition coefficient (Wildman–Crippen LogP) is 4.52. The molecule has 0 bridgehead atoms. The molecule has 0 aromatic heterocycles. The van der Waals surface area contributed by atoms with Crippen molar-refractivity contribution in [1.82, 2.24) is 0 Å². The standard InChI is InChI=1S/C17H19NO/c19-18-14-17-12-10-16(11-13-17)9-5-4-8-15-6-2-1-3-7-15/h1-3,6-7,10-13H,4-5,8-9,14H2. The smallest absolute Gasteiger partial charge is 0.106 e. The first-order chi connectivity index (χ1) is 9.38. The highest BCUT2D eigenvalue weighted by Gasteiger charge is 1.97. The molecule has 0 heterocycles. The van der Waals surface area contributed by atoms with Gasteiger partial charge in [0, 0.05) is 0 Å². The molecule has 2 heteroatoms. The van der Waals surface area contributed by atoms with Crippen molar-refractivity contribution in [2.24, 2.45) is 5.18 Å². The van der Waals surface area contributed by atoms with Gasteiger partial charge in [-0.05, 0) is 42.4 Å². The number of nitroso groups, excluding NO2 is 1. The quantitative estimate of drug-likeness (QED) is 0.527. The fourth-order valence-corrected chi connectivity index (χ4v) is 2.19. The molecule has 0 radical (unpaired) electrons. The fourth-order valence-electron chi connectivity index (χ4n) is 2.19. The Balaban J connectivity index is 1.72. The second-order valence-corrected chi connectivity index (χ2v) is 4.80. The van der Waals surface area contributed by atoms with Crippen molar-refractivity contribution in [1.29, 1.82) is 0 Å². The van der Waals surface area contributed by atoms with Gasteiger partial charge in [0.25, 0.3) is 0 Å². The zero-order valence-electron chi connectivity index (χ0n) is 11.1. The van der Waals surface area contributed by atoms with E-state index in [1.54, 1.807) is 0 Å². The van der Waals surface area contributed by atoms with Gasteiger partial charge in [-0.3, -0.25) is 0 Å². The van der Waals surface area contributed by atoms with E-state index in [9.17, 15) is 4.91 Å². The molecule has 19 heavy (non-hydrogen) atoms. The van der Waals surface area contributed by atoms with E-state index in [1.165, 1.54) is 24.0 Å². The topological polar surface area (TPSA) is 29.4 Å². The van der Waals surface area contributed by atoms with Crippen LogP contribution in [0, 0.1) is 4.91 Å². The van der Waals surface area contributed by atoms with Gasteiger partial charge in [-0.25, -0.2) is 0 Å². The van der Waals surface area contributed by atoms with E-state index >= 15 is 0 Å². The molecule has 2 rings (SSSR count). The number of aryl methyl sites for hydroxylation is 2. The monoisotopic (exact) mass is 253 g/mol. The molecule has 0 saturated carbocycles. The van der Waals surface area contributed by atoms with Gasteiger partial charge in [0.15, 0.2) is 0 Å². The SMILES string of the molecule is O=NCc1ccc(CCCCc2ccccc2)cc1. The average Bonchev–Trinajstić information content (AvgIpc) is 2.47. The predicted molar refractivity (Wildman–Crippen MR) is 79.0 cm³/mol. The summed E-state index contributed by atoms with van der Waals surface area (Å²) in [5.41, 5.74) is 3.74. The lowest BCUT2D eigenvalue weighted by atomic mass is 10.0. The molecule has 0 atom stereocenters. The lowest BCUT2D eigenvalue weighted by Crippen LogP contribution is -1.90. The van der Waals surface area contributed by atoms with E-state index in [4.69, 9.17) is 0 Å². The maximum absolute atomic E-state index is 10.2. The Morgan fingerprint density at radius 1 is 0.684 bits per heavy atom. The van der Waals surface area contributed by atoms with Crippen molar-refractivity contribution in [3.63, 3.8) is 0 Å². The molecule has 0 N–H and O–H groups in total. The lowest BCUT2D eigenvalue weighted by Gasteiger charge is -2.03. The first-order valence-corrected chi connectivity index (χ1v) is 6.79. The Bertz CT molecular complexity index is 490. The molecule has 0 fully saturated rings. The summed E-state index contributed by atoms with van der Waals surface area (Å²) in [4.78, 5) is 10.2. The molecule has 0 spiro atoms. The highest BCUT2D eigenvalue weighted by molar-refractivity contribution is 5.22. The Morgan fingerprint density at radius 2 is 1.21 bits per heavy atom. The van der Waals surface area contributed by atoms with Crippen LogP contribution in [0.2, 0.25) is 0 Å². The molecule has 2 nitrogen and oxygen atoms in total. The van der Waals surface area contributed by atoms with E-state index < -0.39 is 0 Å². The molecule has 2 aromatic carbocycles. The minimum atomic E-state index is 0.272. The van der Waals surface area contributed by atoms with Crippen LogP contribution in [-0.4, -0.2) is 0 Å². The molecule has 0 aliphatic heterocycles. The summed E-state index contributed by atoms with van der Waals surface area (Å²) in [6.07, 6.45) is 4.65. The van der Waals surface area contributed by atoms with Crippen LogP contribution < -0.4 is 0 Å². The largest absolute Gasteiger partial charge is 0.150 e. The maximum atomic E-state index is 10.2. The summed E-state index contributed by atoms with van der Waals surface area (Å²) in [6, 6.07) is 18.8. The van der Waals surface area contributed by atoms with Gasteiger partial charge in [-0.1, -0.05) is 59.8 Å². The maximum Gasteiger partial charge on any atom is 0.106 e. The molecule has 0 aliphatic rings. The molecule has 0 unspecified atom stereocenters. The Hall–Kier alpha value is -1.96. The number of hydrogen-bond donors (Lipinski definition) is 0. The van der Waals surface area contributed by atoms with E-state index in [0.717, 1.165) is 18.4 Å². The summed E-state index contributed by atoms with van der Waals surface area (Å²) in [5, 5.41) is 2.89. The van der Waals surface area contributed by atoms with Crippen LogP contribution in [-0.2, 0) is 19.4 Å². The Morgan fingerprint density at radius 3 is 1.79 bits per heavy atom. The van der Waals surface area contributed by atoms with Crippen LogP contribution in [0.4, 0.5) is 0 Å². The first-order valence-electron chi connectivity index (χ1n) is 6.79. The van der Waals surface area contributed by atoms with Gasteiger partial charge in [0.2, 0.25) is 0 Å². The van der Waals surface area contributed by atoms with Gasteiger partial charge in [-0.15, -0.1) is 0 Å². The van der Waals surface area contributed by atoms with E-state index in [0.29, 0.717) is 0 Å². The van der Waals surface area contributed by atoms with E-state index in [1.807, 2.05) is 12.1 Å². The minimum Gasteiger partial charge on any atom is -0.150 e. The third-order valence-corrected chi connectivity index (χ3v) is 3.29. The summed E-state index contributed by atoms with van der Waals surface area (Å²) >= 11 is 0. The second-order valence-electron chi connectivity index (χ2n) is 4.80. The van der Waals surface area contributed by atoms with Crippen molar-refractivity contribution < 1.29 is 0 Å². The highest BCUT2D eigenvalue weighted by atomic mass is 16.3. The average molecular weight is 253 g/mol. The molecule has 0 aliphatic carbocycles. The number of unbranched alkanes of at least 4 members (excludes halogenated alkanes) is 1. The molecular formula is C17H19NO. The molecule has 2 aromatic rings. The Labute approximate surface area is 114 Å². The second kappa shape index (κ2) is 7.47. The highest BCUT2D eigenvalue weighted by Crippen LogP contribution is 2.11. The van der Waals surface area contributed by atoms with Gasteiger partial charge < -0.3 is 0 Å². The fraction of sp³-hybridized carbons (Fsp3) is 0.294. The van der Waals surface area contributed by atoms with Crippen molar-refractivity contribution >= 4 is 0 Å². The number of nitrogens with zero attached hydrogens (tertiary/aromatic N) is 1. The molecule has 98 valence electrons. The first kappa shape index (κ1) is 13.5. The van der Waals surface area contributed by atoms with Crippen molar-refractivity contribution in [3.8, 4) is 0 Å². The summed E-state index contributed by atoms with van der Waals surface area (Å²) in [5.74, 6) is 0. The van der Waals surface area contributed by atoms with Crippen LogP contribution in [0.3, 0.4) is 0 Å². The third-order valence-electron chi connectivity index (χ3n) is 3.29. The molecular weight excluding hydrogens is 234 g/mol. The lowest BCUT2D eigenvalue weighted by molar-refractivity contribution is 0.734. The molecule has 0 saturated heterocycles. The van der Waals surface area contributed by atoms with E-state index in [-0.39, 0.29) is 6.54 Å². The zero-order valence-corrected chi connectivity index (χ0v) is 11.1. The molecule has 0 amide bonds. The summed E-state index contributed by atoms with van der Waals surface area (Å²) in [6.45, 7) is 0.272. The summed E-state index contributed by atoms with van der Waals surface area (Å²) < 4.78 is 0. The van der Waals surface area contributed by atoms with Crippen LogP contribution in [0.1, 0.15) is 29.5 Å². The van der Waals surface area contributed by atoms with Gasteiger partial charge in [-0.2, -0.15) is 4.91 Å². The van der Waals surface area contributed by atoms with Gasteiger partial charge >= 0.3 is 0 Å². The summed E-state index contributed by atoms with van der Waals surface area (Å²) in [7, 11) is 0. The van der Waals surface area contributed by atoms with Crippen molar-refractivity contribution in [2.75, 3.05) is 0 Å². The van der Waals surface area contributed by atoms with Gasteiger partial charge in [0.1, 0.15) is 6.54 Å².